The molecule has 7 heteroatoms. The normalized spacial score (nSPS) is 29.6. The monoisotopic (exact) mass is 322 g/mol. The van der Waals surface area contributed by atoms with Gasteiger partial charge in [0.2, 0.25) is 0 Å². The molecule has 1 aliphatic heterocycles. The van der Waals surface area contributed by atoms with Gasteiger partial charge in [0, 0.05) is 18.7 Å². The smallest absolute Gasteiger partial charge is 0.411 e. The highest BCUT2D eigenvalue weighted by Gasteiger charge is 2.20. The first-order valence-corrected chi connectivity index (χ1v) is 6.37. The van der Waals surface area contributed by atoms with E-state index in [2.05, 4.69) is 10.1 Å². The van der Waals surface area contributed by atoms with E-state index in [4.69, 9.17) is 15.7 Å². The van der Waals surface area contributed by atoms with E-state index in [0.29, 0.717) is 12.1 Å². The van der Waals surface area contributed by atoms with Gasteiger partial charge in [-0.15, -0.1) is 0 Å². The van der Waals surface area contributed by atoms with E-state index in [1.54, 1.807) is 13.8 Å². The van der Waals surface area contributed by atoms with Gasteiger partial charge in [-0.3, -0.25) is 5.32 Å². The highest BCUT2D eigenvalue weighted by molar-refractivity contribution is 5.85. The summed E-state index contributed by atoms with van der Waals surface area (Å²) in [6.45, 7) is -10.4. The summed E-state index contributed by atoms with van der Waals surface area (Å²) >= 11 is 0. The molecule has 122 valence electrons. The Bertz CT molecular complexity index is 789. The summed E-state index contributed by atoms with van der Waals surface area (Å²) in [5.41, 5.74) is -1.80. The number of hydrogen-bond acceptors (Lipinski definition) is 4. The minimum atomic E-state index is -3.52. The molecule has 0 aromatic heterocycles. The van der Waals surface area contributed by atoms with Crippen molar-refractivity contribution in [3.63, 3.8) is 0 Å². The fourth-order valence-corrected chi connectivity index (χ4v) is 1.55. The van der Waals surface area contributed by atoms with Crippen LogP contribution in [0, 0.1) is 17.6 Å². The molecule has 1 N–H and O–H groups in total. The lowest BCUT2D eigenvalue weighted by Crippen LogP contribution is -2.37. The van der Waals surface area contributed by atoms with Crippen molar-refractivity contribution in [1.82, 2.24) is 0 Å². The highest BCUT2D eigenvalue weighted by atomic mass is 19.1. The number of anilines is 2. The lowest BCUT2D eigenvalue weighted by Gasteiger charge is -2.29. The summed E-state index contributed by atoms with van der Waals surface area (Å²) in [6.07, 6.45) is -1.01. The van der Waals surface area contributed by atoms with E-state index < -0.39 is 55.2 Å². The zero-order chi connectivity index (χ0) is 23.3. The summed E-state index contributed by atoms with van der Waals surface area (Å²) in [6, 6.07) is 1.09. The molecule has 1 aliphatic rings. The zero-order valence-electron chi connectivity index (χ0n) is 19.9. The van der Waals surface area contributed by atoms with Crippen molar-refractivity contribution in [3.8, 4) is 0 Å². The third-order valence-corrected chi connectivity index (χ3v) is 2.45. The number of carbonyl (C=O) groups excluding carboxylic acids is 1. The first-order valence-electron chi connectivity index (χ1n) is 10.4. The Morgan fingerprint density at radius 2 is 2.00 bits per heavy atom. The van der Waals surface area contributed by atoms with Crippen LogP contribution in [0.2, 0.25) is 0 Å². The van der Waals surface area contributed by atoms with Crippen molar-refractivity contribution >= 4 is 17.5 Å². The van der Waals surface area contributed by atoms with Crippen molar-refractivity contribution in [3.05, 3.63) is 23.8 Å². The topological polar surface area (TPSA) is 50.8 Å². The van der Waals surface area contributed by atoms with Gasteiger partial charge in [0.1, 0.15) is 5.69 Å². The largest absolute Gasteiger partial charge is 0.449 e. The van der Waals surface area contributed by atoms with E-state index in [9.17, 15) is 13.6 Å². The molecule has 1 amide bonds. The number of hydrogen-bond donors (Lipinski definition) is 1. The lowest BCUT2D eigenvalue weighted by molar-refractivity contribution is 0.122. The quantitative estimate of drug-likeness (QED) is 0.926. The number of carbonyl (C=O) groups is 1. The van der Waals surface area contributed by atoms with Gasteiger partial charge in [-0.1, -0.05) is 13.8 Å². The molecule has 0 radical (unpaired) electrons. The molecular weight excluding hydrogens is 294 g/mol. The fourth-order valence-electron chi connectivity index (χ4n) is 1.55. The van der Waals surface area contributed by atoms with Crippen LogP contribution in [0.4, 0.5) is 25.0 Å². The van der Waals surface area contributed by atoms with Crippen molar-refractivity contribution in [2.45, 2.75) is 13.8 Å². The predicted molar refractivity (Wildman–Crippen MR) is 79.2 cm³/mol. The van der Waals surface area contributed by atoms with Gasteiger partial charge in [-0.2, -0.15) is 0 Å². The van der Waals surface area contributed by atoms with Crippen LogP contribution in [0.1, 0.15) is 24.8 Å². The van der Waals surface area contributed by atoms with Crippen LogP contribution < -0.4 is 10.2 Å². The van der Waals surface area contributed by atoms with Crippen LogP contribution in [0.25, 0.3) is 0 Å². The first-order chi connectivity index (χ1) is 13.4. The molecule has 0 unspecified atom stereocenters. The number of nitrogens with one attached hydrogen (secondary N) is 1. The van der Waals surface area contributed by atoms with Crippen molar-refractivity contribution in [1.29, 1.82) is 0 Å². The van der Waals surface area contributed by atoms with E-state index >= 15 is 0 Å². The van der Waals surface area contributed by atoms with Crippen molar-refractivity contribution in [2.24, 2.45) is 5.92 Å². The number of amides is 1. The van der Waals surface area contributed by atoms with Gasteiger partial charge in [0.15, 0.2) is 11.6 Å². The van der Waals surface area contributed by atoms with Gasteiger partial charge in [0.25, 0.3) is 0 Å². The van der Waals surface area contributed by atoms with Crippen LogP contribution in [0.15, 0.2) is 12.1 Å². The van der Waals surface area contributed by atoms with E-state index in [1.165, 1.54) is 0 Å². The lowest BCUT2D eigenvalue weighted by atomic mass is 10.2. The maximum Gasteiger partial charge on any atom is 0.411 e. The Balaban J connectivity index is 2.50. The molecule has 0 bridgehead atoms. The number of morpholine rings is 1. The average molecular weight is 322 g/mol. The number of nitrogens with zero attached hydrogens (tertiary/aromatic N) is 1. The molecule has 5 nitrogen and oxygen atoms in total. The molecule has 0 saturated carbocycles. The maximum atomic E-state index is 14.8. The third kappa shape index (κ3) is 4.30. The molecule has 22 heavy (non-hydrogen) atoms. The molecule has 1 aromatic carbocycles. The van der Waals surface area contributed by atoms with Crippen molar-refractivity contribution < 1.29 is 34.0 Å². The SMILES string of the molecule is [2H]C1([2H])OC([2H])([2H])C([2H])([2H])N(c2c(F)cc(NC(=O)OCC(C)C)cc2F)C1([2H])[2H]. The van der Waals surface area contributed by atoms with E-state index in [0.717, 1.165) is 0 Å². The number of benzene rings is 1. The van der Waals surface area contributed by atoms with Crippen LogP contribution in [0.3, 0.4) is 0 Å². The predicted octanol–water partition coefficient (Wildman–Crippen LogP) is 3.01. The molecule has 0 aliphatic carbocycles. The van der Waals surface area contributed by atoms with Crippen LogP contribution >= 0.6 is 0 Å². The molecule has 0 atom stereocenters. The van der Waals surface area contributed by atoms with E-state index in [-0.39, 0.29) is 17.4 Å². The Kier molecular flexibility index (Phi) is 2.91. The Morgan fingerprint density at radius 1 is 1.41 bits per heavy atom. The summed E-state index contributed by atoms with van der Waals surface area (Å²) in [7, 11) is 0. The third-order valence-electron chi connectivity index (χ3n) is 2.45. The molecule has 1 saturated heterocycles. The van der Waals surface area contributed by atoms with Gasteiger partial charge in [0.05, 0.1) is 30.7 Å². The molecule has 1 heterocycles. The number of halogens is 2. The van der Waals surface area contributed by atoms with Crippen LogP contribution in [-0.4, -0.2) is 38.8 Å². The molecule has 1 aromatic rings. The fraction of sp³-hybridized carbons (Fsp3) is 0.533. The summed E-state index contributed by atoms with van der Waals surface area (Å²) in [5, 5.41) is 2.06. The minimum absolute atomic E-state index is 0.00223. The first kappa shape index (κ1) is 8.67. The summed E-state index contributed by atoms with van der Waals surface area (Å²) in [4.78, 5) is 11.4. The molecule has 0 spiro atoms. The average Bonchev–Trinajstić information content (AvgIpc) is 2.53. The zero-order valence-corrected chi connectivity index (χ0v) is 11.9. The minimum Gasteiger partial charge on any atom is -0.449 e. The summed E-state index contributed by atoms with van der Waals surface area (Å²) in [5.74, 6) is -3.15. The van der Waals surface area contributed by atoms with Gasteiger partial charge < -0.3 is 14.4 Å². The molecular formula is C15H20F2N2O3. The van der Waals surface area contributed by atoms with Gasteiger partial charge >= 0.3 is 6.09 Å². The van der Waals surface area contributed by atoms with Crippen molar-refractivity contribution in [2.75, 3.05) is 42.9 Å². The van der Waals surface area contributed by atoms with Crippen LogP contribution in [0.5, 0.6) is 0 Å². The van der Waals surface area contributed by atoms with Gasteiger partial charge in [-0.05, 0) is 18.1 Å². The maximum absolute atomic E-state index is 14.8. The second-order valence-corrected chi connectivity index (χ2v) is 4.77. The number of ether oxygens (including phenoxy) is 2. The van der Waals surface area contributed by atoms with Crippen LogP contribution in [-0.2, 0) is 9.47 Å². The second kappa shape index (κ2) is 7.40. The Labute approximate surface area is 139 Å². The Morgan fingerprint density at radius 3 is 2.55 bits per heavy atom. The second-order valence-electron chi connectivity index (χ2n) is 4.77. The molecule has 2 rings (SSSR count). The molecule has 1 fully saturated rings. The highest BCUT2D eigenvalue weighted by Crippen LogP contribution is 2.27. The Hall–Kier alpha value is -1.89. The summed E-state index contributed by atoms with van der Waals surface area (Å²) < 4.78 is 101. The van der Waals surface area contributed by atoms with Gasteiger partial charge in [-0.25, -0.2) is 13.6 Å². The number of rotatable bonds is 4. The standard InChI is InChI=1S/C15H20F2N2O3/c1-10(2)9-22-15(20)18-11-7-12(16)14(13(17)8-11)19-3-5-21-6-4-19/h7-8,10H,3-6,9H2,1-2H3,(H,18,20)/i3D2,4D2,5D2,6D2. The van der Waals surface area contributed by atoms with E-state index in [1.807, 2.05) is 0 Å².